The summed E-state index contributed by atoms with van der Waals surface area (Å²) in [5, 5.41) is 3.56. The molecule has 122 valence electrons. The van der Waals surface area contributed by atoms with E-state index in [2.05, 4.69) is 15.1 Å². The first kappa shape index (κ1) is 17.2. The minimum absolute atomic E-state index is 0.00919. The van der Waals surface area contributed by atoms with Gasteiger partial charge in [-0.05, 0) is 38.1 Å². The second kappa shape index (κ2) is 7.42. The summed E-state index contributed by atoms with van der Waals surface area (Å²) < 4.78 is 0. The molecule has 0 unspecified atom stereocenters. The largest absolute Gasteiger partial charge is 0.325 e. The third-order valence-corrected chi connectivity index (χ3v) is 3.84. The number of carbonyl (C=O) groups is 1. The molecule has 5 nitrogen and oxygen atoms in total. The zero-order chi connectivity index (χ0) is 16.2. The Morgan fingerprint density at radius 2 is 1.73 bits per heavy atom. The maximum absolute atomic E-state index is 12.1. The highest BCUT2D eigenvalue weighted by atomic mass is 35.5. The molecule has 0 atom stereocenters. The third kappa shape index (κ3) is 5.93. The monoisotopic (exact) mass is 324 g/mol. The second-order valence-electron chi connectivity index (χ2n) is 6.60. The molecule has 22 heavy (non-hydrogen) atoms. The molecule has 1 aromatic carbocycles. The molecule has 3 N–H and O–H groups in total. The van der Waals surface area contributed by atoms with E-state index in [9.17, 15) is 4.79 Å². The van der Waals surface area contributed by atoms with Gasteiger partial charge in [0.15, 0.2) is 0 Å². The smallest absolute Gasteiger partial charge is 0.238 e. The number of anilines is 1. The van der Waals surface area contributed by atoms with Gasteiger partial charge in [0.2, 0.25) is 5.91 Å². The van der Waals surface area contributed by atoms with Crippen molar-refractivity contribution in [2.24, 2.45) is 5.73 Å². The molecule has 0 radical (unpaired) electrons. The summed E-state index contributed by atoms with van der Waals surface area (Å²) in [4.78, 5) is 16.6. The lowest BCUT2D eigenvalue weighted by Gasteiger charge is -2.37. The molecule has 0 aromatic heterocycles. The van der Waals surface area contributed by atoms with Crippen LogP contribution in [0, 0.1) is 0 Å². The van der Waals surface area contributed by atoms with Crippen molar-refractivity contribution >= 4 is 23.2 Å². The molecule has 2 rings (SSSR count). The number of piperazine rings is 1. The molecular weight excluding hydrogens is 300 g/mol. The van der Waals surface area contributed by atoms with Crippen molar-refractivity contribution < 1.29 is 4.79 Å². The van der Waals surface area contributed by atoms with E-state index in [4.69, 9.17) is 17.3 Å². The molecule has 0 saturated carbocycles. The Bertz CT molecular complexity index is 490. The van der Waals surface area contributed by atoms with Crippen LogP contribution >= 0.6 is 11.6 Å². The Morgan fingerprint density at radius 1 is 1.18 bits per heavy atom. The van der Waals surface area contributed by atoms with Crippen LogP contribution in [0.1, 0.15) is 13.8 Å². The molecule has 1 aromatic rings. The maximum Gasteiger partial charge on any atom is 0.238 e. The van der Waals surface area contributed by atoms with Crippen LogP contribution in [0.25, 0.3) is 0 Å². The molecule has 6 heteroatoms. The summed E-state index contributed by atoms with van der Waals surface area (Å²) in [6.07, 6.45) is 0. The minimum Gasteiger partial charge on any atom is -0.325 e. The van der Waals surface area contributed by atoms with Gasteiger partial charge in [-0.15, -0.1) is 0 Å². The summed E-state index contributed by atoms with van der Waals surface area (Å²) in [5.74, 6) is 0.00919. The van der Waals surface area contributed by atoms with Crippen molar-refractivity contribution in [3.63, 3.8) is 0 Å². The van der Waals surface area contributed by atoms with Crippen LogP contribution in [0.3, 0.4) is 0 Å². The Morgan fingerprint density at radius 3 is 2.27 bits per heavy atom. The van der Waals surface area contributed by atoms with Crippen molar-refractivity contribution in [1.29, 1.82) is 0 Å². The zero-order valence-electron chi connectivity index (χ0n) is 13.3. The average Bonchev–Trinajstić information content (AvgIpc) is 2.42. The van der Waals surface area contributed by atoms with Crippen LogP contribution in [0.4, 0.5) is 5.69 Å². The summed E-state index contributed by atoms with van der Waals surface area (Å²) in [5.41, 5.74) is 6.65. The topological polar surface area (TPSA) is 61.6 Å². The van der Waals surface area contributed by atoms with Crippen molar-refractivity contribution in [2.75, 3.05) is 44.6 Å². The van der Waals surface area contributed by atoms with E-state index in [0.717, 1.165) is 38.4 Å². The molecule has 0 aliphatic carbocycles. The fourth-order valence-electron chi connectivity index (χ4n) is 2.62. The number of rotatable bonds is 5. The van der Waals surface area contributed by atoms with Crippen LogP contribution in [0.2, 0.25) is 5.02 Å². The number of nitrogens with zero attached hydrogens (tertiary/aromatic N) is 2. The first-order valence-corrected chi connectivity index (χ1v) is 7.99. The first-order chi connectivity index (χ1) is 10.3. The van der Waals surface area contributed by atoms with Crippen LogP contribution in [0.5, 0.6) is 0 Å². The van der Waals surface area contributed by atoms with Gasteiger partial charge < -0.3 is 11.1 Å². The van der Waals surface area contributed by atoms with Crippen LogP contribution in [0.15, 0.2) is 24.3 Å². The highest BCUT2D eigenvalue weighted by Gasteiger charge is 2.22. The summed E-state index contributed by atoms with van der Waals surface area (Å²) in [7, 11) is 0. The fraction of sp³-hybridized carbons (Fsp3) is 0.562. The molecular formula is C16H25ClN4O. The Hall–Kier alpha value is -1.14. The van der Waals surface area contributed by atoms with Gasteiger partial charge in [0, 0.05) is 49.0 Å². The lowest BCUT2D eigenvalue weighted by molar-refractivity contribution is -0.117. The van der Waals surface area contributed by atoms with Gasteiger partial charge >= 0.3 is 0 Å². The first-order valence-electron chi connectivity index (χ1n) is 7.61. The Labute approximate surface area is 137 Å². The van der Waals surface area contributed by atoms with E-state index in [1.165, 1.54) is 0 Å². The Kier molecular flexibility index (Phi) is 5.81. The Balaban J connectivity index is 1.73. The lowest BCUT2D eigenvalue weighted by Crippen LogP contribution is -2.53. The second-order valence-corrected chi connectivity index (χ2v) is 7.03. The summed E-state index contributed by atoms with van der Waals surface area (Å²) in [6, 6.07) is 7.15. The normalized spacial score (nSPS) is 17.5. The van der Waals surface area contributed by atoms with E-state index < -0.39 is 0 Å². The lowest BCUT2D eigenvalue weighted by atomic mass is 10.1. The average molecular weight is 325 g/mol. The number of hydrogen-bond donors (Lipinski definition) is 2. The number of benzene rings is 1. The predicted octanol–water partition coefficient (Wildman–Crippen LogP) is 1.63. The number of halogens is 1. The number of carbonyl (C=O) groups excluding carboxylic acids is 1. The van der Waals surface area contributed by atoms with Crippen LogP contribution in [-0.2, 0) is 4.79 Å². The van der Waals surface area contributed by atoms with Gasteiger partial charge in [0.1, 0.15) is 0 Å². The van der Waals surface area contributed by atoms with Gasteiger partial charge in [0.25, 0.3) is 0 Å². The molecule has 1 fully saturated rings. The molecule has 0 spiro atoms. The standard InChI is InChI=1S/C16H25ClN4O/c1-16(2,18)12-21-9-7-20(8-10-21)11-15(22)19-14-5-3-13(17)4-6-14/h3-6H,7-12,18H2,1-2H3,(H,19,22). The van der Waals surface area contributed by atoms with Gasteiger partial charge in [-0.3, -0.25) is 14.6 Å². The van der Waals surface area contributed by atoms with Gasteiger partial charge in [-0.2, -0.15) is 0 Å². The van der Waals surface area contributed by atoms with E-state index in [1.54, 1.807) is 12.1 Å². The highest BCUT2D eigenvalue weighted by Crippen LogP contribution is 2.13. The van der Waals surface area contributed by atoms with E-state index >= 15 is 0 Å². The number of nitrogens with two attached hydrogens (primary N) is 1. The van der Waals surface area contributed by atoms with Crippen molar-refractivity contribution in [3.05, 3.63) is 29.3 Å². The van der Waals surface area contributed by atoms with Crippen LogP contribution in [-0.4, -0.2) is 60.5 Å². The van der Waals surface area contributed by atoms with Crippen LogP contribution < -0.4 is 11.1 Å². The summed E-state index contributed by atoms with van der Waals surface area (Å²) >= 11 is 5.83. The summed E-state index contributed by atoms with van der Waals surface area (Å²) in [6.45, 7) is 9.08. The maximum atomic E-state index is 12.1. The fourth-order valence-corrected chi connectivity index (χ4v) is 2.74. The highest BCUT2D eigenvalue weighted by molar-refractivity contribution is 6.30. The number of nitrogens with one attached hydrogen (secondary N) is 1. The molecule has 1 heterocycles. The number of hydrogen-bond acceptors (Lipinski definition) is 4. The quantitative estimate of drug-likeness (QED) is 0.864. The van der Waals surface area contributed by atoms with Crippen molar-refractivity contribution in [1.82, 2.24) is 9.80 Å². The van der Waals surface area contributed by atoms with E-state index in [1.807, 2.05) is 26.0 Å². The van der Waals surface area contributed by atoms with Gasteiger partial charge in [0.05, 0.1) is 6.54 Å². The molecule has 1 saturated heterocycles. The predicted molar refractivity (Wildman–Crippen MR) is 91.2 cm³/mol. The minimum atomic E-state index is -0.172. The number of amides is 1. The molecule has 1 aliphatic rings. The molecule has 0 bridgehead atoms. The van der Waals surface area contributed by atoms with Crippen molar-refractivity contribution in [2.45, 2.75) is 19.4 Å². The van der Waals surface area contributed by atoms with Crippen molar-refractivity contribution in [3.8, 4) is 0 Å². The van der Waals surface area contributed by atoms with Gasteiger partial charge in [-0.25, -0.2) is 0 Å². The van der Waals surface area contributed by atoms with Gasteiger partial charge in [-0.1, -0.05) is 11.6 Å². The van der Waals surface area contributed by atoms with E-state index in [-0.39, 0.29) is 11.4 Å². The third-order valence-electron chi connectivity index (χ3n) is 3.59. The SMILES string of the molecule is CC(C)(N)CN1CCN(CC(=O)Nc2ccc(Cl)cc2)CC1. The van der Waals surface area contributed by atoms with E-state index in [0.29, 0.717) is 11.6 Å². The zero-order valence-corrected chi connectivity index (χ0v) is 14.1. The molecule has 1 aliphatic heterocycles. The molecule has 1 amide bonds.